The van der Waals surface area contributed by atoms with Crippen LogP contribution < -0.4 is 4.74 Å². The number of nitrogens with zero attached hydrogens (tertiary/aromatic N) is 2. The number of rotatable bonds is 4. The fraction of sp³-hybridized carbons (Fsp3) is 0.733. The number of likely N-dealkylation sites (tertiary alicyclic amines) is 1. The lowest BCUT2D eigenvalue weighted by molar-refractivity contribution is -0.145. The molecule has 0 amide bonds. The lowest BCUT2D eigenvalue weighted by Crippen LogP contribution is -2.46. The average Bonchev–Trinajstić information content (AvgIpc) is 2.85. The van der Waals surface area contributed by atoms with E-state index in [4.69, 9.17) is 4.74 Å². The van der Waals surface area contributed by atoms with Crippen molar-refractivity contribution in [3.05, 3.63) is 11.1 Å². The van der Waals surface area contributed by atoms with Crippen LogP contribution in [-0.2, 0) is 11.3 Å². The van der Waals surface area contributed by atoms with Gasteiger partial charge < -0.3 is 9.84 Å². The quantitative estimate of drug-likeness (QED) is 0.926. The molecule has 1 aromatic heterocycles. The first-order valence-electron chi connectivity index (χ1n) is 7.23. The van der Waals surface area contributed by atoms with E-state index < -0.39 is 5.97 Å². The second-order valence-electron chi connectivity index (χ2n) is 6.82. The highest BCUT2D eigenvalue weighted by Gasteiger charge is 2.37. The third-order valence-corrected chi connectivity index (χ3v) is 5.13. The summed E-state index contributed by atoms with van der Waals surface area (Å²) in [7, 11) is 1.61. The van der Waals surface area contributed by atoms with Crippen molar-refractivity contribution in [1.29, 1.82) is 0 Å². The summed E-state index contributed by atoms with van der Waals surface area (Å²) in [5.74, 6) is -0.573. The van der Waals surface area contributed by atoms with Gasteiger partial charge in [-0.25, -0.2) is 4.98 Å². The van der Waals surface area contributed by atoms with Crippen LogP contribution in [0.4, 0.5) is 0 Å². The molecule has 0 aliphatic carbocycles. The summed E-state index contributed by atoms with van der Waals surface area (Å²) in [5.41, 5.74) is 0.123. The maximum atomic E-state index is 11.4. The molecular formula is C15H24N2O3S. The number of hydrogen-bond donors (Lipinski definition) is 1. The predicted molar refractivity (Wildman–Crippen MR) is 82.6 cm³/mol. The van der Waals surface area contributed by atoms with Gasteiger partial charge in [-0.3, -0.25) is 9.69 Å². The number of aromatic nitrogens is 1. The number of ether oxygens (including phenoxy) is 1. The van der Waals surface area contributed by atoms with Crippen LogP contribution in [0.25, 0.3) is 0 Å². The Bertz CT molecular complexity index is 495. The lowest BCUT2D eigenvalue weighted by Gasteiger charge is -2.42. The Morgan fingerprint density at radius 1 is 1.52 bits per heavy atom. The largest absolute Gasteiger partial charge is 0.481 e. The molecule has 0 radical (unpaired) electrons. The van der Waals surface area contributed by atoms with Gasteiger partial charge in [-0.15, -0.1) is 0 Å². The van der Waals surface area contributed by atoms with Gasteiger partial charge in [-0.05, 0) is 17.8 Å². The van der Waals surface area contributed by atoms with Gasteiger partial charge in [0.25, 0.3) is 5.19 Å². The molecule has 2 rings (SSSR count). The predicted octanol–water partition coefficient (Wildman–Crippen LogP) is 2.72. The van der Waals surface area contributed by atoms with Gasteiger partial charge in [-0.2, -0.15) is 0 Å². The zero-order valence-electron chi connectivity index (χ0n) is 13.1. The van der Waals surface area contributed by atoms with Crippen molar-refractivity contribution in [1.82, 2.24) is 9.88 Å². The molecule has 2 heterocycles. The minimum atomic E-state index is -0.684. The molecule has 0 aromatic carbocycles. The molecule has 1 aliphatic heterocycles. The van der Waals surface area contributed by atoms with E-state index in [0.29, 0.717) is 17.7 Å². The molecule has 5 nitrogen and oxygen atoms in total. The minimum Gasteiger partial charge on any atom is -0.481 e. The maximum Gasteiger partial charge on any atom is 0.307 e. The minimum absolute atomic E-state index is 0.123. The second kappa shape index (κ2) is 6.32. The van der Waals surface area contributed by atoms with Gasteiger partial charge in [0.05, 0.1) is 13.0 Å². The van der Waals surface area contributed by atoms with Gasteiger partial charge in [0.2, 0.25) is 0 Å². The van der Waals surface area contributed by atoms with Gasteiger partial charge in [0, 0.05) is 30.7 Å². The van der Waals surface area contributed by atoms with Crippen molar-refractivity contribution in [2.45, 2.75) is 33.7 Å². The van der Waals surface area contributed by atoms with Gasteiger partial charge in [-0.1, -0.05) is 32.1 Å². The molecule has 0 saturated carbocycles. The van der Waals surface area contributed by atoms with Crippen molar-refractivity contribution >= 4 is 17.3 Å². The number of piperidine rings is 1. The van der Waals surface area contributed by atoms with E-state index in [1.54, 1.807) is 7.11 Å². The Labute approximate surface area is 129 Å². The van der Waals surface area contributed by atoms with E-state index in [1.807, 2.05) is 6.20 Å². The number of hydrogen-bond acceptors (Lipinski definition) is 5. The molecule has 6 heteroatoms. The zero-order valence-corrected chi connectivity index (χ0v) is 13.9. The van der Waals surface area contributed by atoms with Crippen LogP contribution in [-0.4, -0.2) is 41.2 Å². The van der Waals surface area contributed by atoms with Crippen molar-refractivity contribution in [3.8, 4) is 5.19 Å². The topological polar surface area (TPSA) is 62.7 Å². The van der Waals surface area contributed by atoms with Gasteiger partial charge >= 0.3 is 5.97 Å². The molecule has 1 N–H and O–H groups in total. The fourth-order valence-electron chi connectivity index (χ4n) is 2.80. The lowest BCUT2D eigenvalue weighted by atomic mass is 9.73. The molecule has 1 aliphatic rings. The standard InChI is InChI=1S/C15H24N2O3S/c1-15(2,3)11-5-10(13(18)19)7-17(8-11)9-12-6-16-14(20-4)21-12/h6,10-11H,5,7-9H2,1-4H3,(H,18,19)/t10-,11+/m1/s1. The first-order valence-corrected chi connectivity index (χ1v) is 8.05. The van der Waals surface area contributed by atoms with Crippen molar-refractivity contribution in [3.63, 3.8) is 0 Å². The van der Waals surface area contributed by atoms with Crippen LogP contribution in [0, 0.1) is 17.3 Å². The summed E-state index contributed by atoms with van der Waals surface area (Å²) < 4.78 is 5.11. The van der Waals surface area contributed by atoms with Gasteiger partial charge in [0.15, 0.2) is 0 Å². The summed E-state index contributed by atoms with van der Waals surface area (Å²) in [6.45, 7) is 8.87. The smallest absolute Gasteiger partial charge is 0.307 e. The normalized spacial score (nSPS) is 24.0. The van der Waals surface area contributed by atoms with E-state index in [9.17, 15) is 9.90 Å². The number of thiazole rings is 1. The number of methoxy groups -OCH3 is 1. The first kappa shape index (κ1) is 16.2. The van der Waals surface area contributed by atoms with E-state index in [0.717, 1.165) is 24.4 Å². The molecule has 0 spiro atoms. The maximum absolute atomic E-state index is 11.4. The molecule has 1 fully saturated rings. The highest BCUT2D eigenvalue weighted by atomic mass is 32.1. The summed E-state index contributed by atoms with van der Waals surface area (Å²) in [5, 5.41) is 10.0. The third kappa shape index (κ3) is 4.17. The average molecular weight is 312 g/mol. The number of carbonyl (C=O) groups is 1. The van der Waals surface area contributed by atoms with Crippen LogP contribution >= 0.6 is 11.3 Å². The van der Waals surface area contributed by atoms with E-state index in [2.05, 4.69) is 30.7 Å². The van der Waals surface area contributed by atoms with Crippen LogP contribution in [0.2, 0.25) is 0 Å². The van der Waals surface area contributed by atoms with Crippen LogP contribution in [0.15, 0.2) is 6.20 Å². The van der Waals surface area contributed by atoms with Crippen molar-refractivity contribution in [2.75, 3.05) is 20.2 Å². The van der Waals surface area contributed by atoms with E-state index in [-0.39, 0.29) is 11.3 Å². The van der Waals surface area contributed by atoms with Crippen LogP contribution in [0.3, 0.4) is 0 Å². The second-order valence-corrected chi connectivity index (χ2v) is 7.90. The number of carboxylic acids is 1. The Morgan fingerprint density at radius 3 is 2.76 bits per heavy atom. The fourth-order valence-corrected chi connectivity index (χ4v) is 3.57. The Morgan fingerprint density at radius 2 is 2.24 bits per heavy atom. The Kier molecular flexibility index (Phi) is 4.88. The monoisotopic (exact) mass is 312 g/mol. The number of carboxylic acid groups (broad SMARTS) is 1. The Balaban J connectivity index is 2.08. The number of aliphatic carboxylic acids is 1. The van der Waals surface area contributed by atoms with Crippen molar-refractivity contribution in [2.24, 2.45) is 17.3 Å². The molecule has 1 aromatic rings. The van der Waals surface area contributed by atoms with Crippen LogP contribution in [0.5, 0.6) is 5.19 Å². The van der Waals surface area contributed by atoms with Gasteiger partial charge in [0.1, 0.15) is 0 Å². The van der Waals surface area contributed by atoms with Crippen molar-refractivity contribution < 1.29 is 14.6 Å². The summed E-state index contributed by atoms with van der Waals surface area (Å²) in [4.78, 5) is 19.0. The van der Waals surface area contributed by atoms with Crippen LogP contribution in [0.1, 0.15) is 32.1 Å². The molecule has 1 saturated heterocycles. The zero-order chi connectivity index (χ0) is 15.6. The molecule has 0 bridgehead atoms. The molecule has 118 valence electrons. The Hall–Kier alpha value is -1.14. The van der Waals surface area contributed by atoms with E-state index >= 15 is 0 Å². The highest BCUT2D eigenvalue weighted by molar-refractivity contribution is 7.13. The first-order chi connectivity index (χ1) is 9.79. The van der Waals surface area contributed by atoms with E-state index in [1.165, 1.54) is 11.3 Å². The third-order valence-electron chi connectivity index (χ3n) is 4.19. The highest BCUT2D eigenvalue weighted by Crippen LogP contribution is 2.36. The SMILES string of the molecule is COc1ncc(CN2C[C@H](C(=O)O)C[C@H](C(C)(C)C)C2)s1. The summed E-state index contributed by atoms with van der Waals surface area (Å²) in [6.07, 6.45) is 2.58. The summed E-state index contributed by atoms with van der Waals surface area (Å²) >= 11 is 1.52. The molecule has 2 atom stereocenters. The molecule has 0 unspecified atom stereocenters. The molecule has 21 heavy (non-hydrogen) atoms. The molecular weight excluding hydrogens is 288 g/mol. The summed E-state index contributed by atoms with van der Waals surface area (Å²) in [6, 6.07) is 0.